The van der Waals surface area contributed by atoms with Crippen molar-refractivity contribution in [1.29, 1.82) is 0 Å². The molecule has 4 nitrogen and oxygen atoms in total. The Morgan fingerprint density at radius 1 is 0.778 bits per heavy atom. The van der Waals surface area contributed by atoms with E-state index >= 15 is 0 Å². The topological polar surface area (TPSA) is 66.8 Å². The molecule has 132 valence electrons. The Hall–Kier alpha value is -3.23. The summed E-state index contributed by atoms with van der Waals surface area (Å²) >= 11 is 0. The lowest BCUT2D eigenvalue weighted by Crippen LogP contribution is -2.26. The molecule has 5 rings (SSSR count). The fraction of sp³-hybridized carbons (Fsp3) is 0. The molecule has 1 heterocycles. The average molecular weight is 374 g/mol. The zero-order valence-electron chi connectivity index (χ0n) is 14.2. The van der Waals surface area contributed by atoms with Crippen molar-refractivity contribution in [3.8, 4) is 28.4 Å². The second kappa shape index (κ2) is 5.63. The molecule has 1 unspecified atom stereocenters. The molecule has 0 aromatic heterocycles. The van der Waals surface area contributed by atoms with Crippen molar-refractivity contribution in [1.82, 2.24) is 0 Å². The largest absolute Gasteiger partial charge is 0.508 e. The summed E-state index contributed by atoms with van der Waals surface area (Å²) in [7, 11) is -3.65. The van der Waals surface area contributed by atoms with Gasteiger partial charge in [-0.1, -0.05) is 48.5 Å². The predicted octanol–water partition coefficient (Wildman–Crippen LogP) is 4.54. The van der Waals surface area contributed by atoms with Crippen molar-refractivity contribution in [3.05, 3.63) is 78.9 Å². The monoisotopic (exact) mass is 374 g/mol. The maximum absolute atomic E-state index is 14.3. The summed E-state index contributed by atoms with van der Waals surface area (Å²) in [6.07, 6.45) is 0. The molecule has 0 spiro atoms. The fourth-order valence-corrected chi connectivity index (χ4v) is 6.22. The summed E-state index contributed by atoms with van der Waals surface area (Å²) < 4.78 is 20.4. The van der Waals surface area contributed by atoms with Crippen LogP contribution in [0.3, 0.4) is 0 Å². The highest BCUT2D eigenvalue weighted by Gasteiger charge is 2.40. The third-order valence-electron chi connectivity index (χ3n) is 4.88. The number of para-hydroxylation sites is 1. The zero-order chi connectivity index (χ0) is 18.6. The van der Waals surface area contributed by atoms with Gasteiger partial charge in [0.15, 0.2) is 0 Å². The van der Waals surface area contributed by atoms with Gasteiger partial charge in [-0.05, 0) is 41.3 Å². The van der Waals surface area contributed by atoms with Crippen LogP contribution in [0.1, 0.15) is 0 Å². The van der Waals surface area contributed by atoms with Gasteiger partial charge < -0.3 is 14.7 Å². The Bertz CT molecular complexity index is 1260. The molecule has 1 atom stereocenters. The summed E-state index contributed by atoms with van der Waals surface area (Å²) in [4.78, 5) is 0. The van der Waals surface area contributed by atoms with E-state index in [9.17, 15) is 14.8 Å². The molecular formula is C22H15O4P. The van der Waals surface area contributed by atoms with Crippen molar-refractivity contribution in [3.63, 3.8) is 0 Å². The highest BCUT2D eigenvalue weighted by atomic mass is 31.2. The van der Waals surface area contributed by atoms with Crippen LogP contribution in [0.2, 0.25) is 0 Å². The van der Waals surface area contributed by atoms with Gasteiger partial charge >= 0.3 is 7.37 Å². The van der Waals surface area contributed by atoms with Crippen molar-refractivity contribution in [2.45, 2.75) is 0 Å². The Morgan fingerprint density at radius 2 is 1.48 bits per heavy atom. The van der Waals surface area contributed by atoms with Crippen LogP contribution in [-0.2, 0) is 4.57 Å². The van der Waals surface area contributed by atoms with E-state index in [1.807, 2.05) is 36.4 Å². The fourth-order valence-electron chi connectivity index (χ4n) is 3.67. The number of fused-ring (bicyclic) bond motifs is 4. The summed E-state index contributed by atoms with van der Waals surface area (Å²) in [5.74, 6) is 0.424. The molecule has 5 heteroatoms. The lowest BCUT2D eigenvalue weighted by Gasteiger charge is -2.29. The van der Waals surface area contributed by atoms with Gasteiger partial charge in [0.2, 0.25) is 0 Å². The van der Waals surface area contributed by atoms with Gasteiger partial charge in [-0.3, -0.25) is 4.57 Å². The third kappa shape index (κ3) is 2.27. The summed E-state index contributed by atoms with van der Waals surface area (Å²) in [5.41, 5.74) is 1.68. The lowest BCUT2D eigenvalue weighted by molar-refractivity contribution is 0.473. The molecule has 0 amide bonds. The molecule has 4 aromatic rings. The standard InChI is InChI=1S/C22H15O4P/c23-15-11-9-14-10-12-19(24)22(18(14)13-15)27(25)21-8-4-2-6-17(21)16-5-1-3-7-20(16)26-27/h1-13,23-24H. The molecule has 0 saturated heterocycles. The molecule has 0 radical (unpaired) electrons. The highest BCUT2D eigenvalue weighted by Crippen LogP contribution is 2.56. The Balaban J connectivity index is 1.90. The average Bonchev–Trinajstić information content (AvgIpc) is 2.68. The first-order valence-electron chi connectivity index (χ1n) is 8.52. The molecule has 27 heavy (non-hydrogen) atoms. The molecule has 2 N–H and O–H groups in total. The first-order valence-corrected chi connectivity index (χ1v) is 10.1. The van der Waals surface area contributed by atoms with Crippen LogP contribution in [0.5, 0.6) is 17.2 Å². The third-order valence-corrected chi connectivity index (χ3v) is 7.41. The van der Waals surface area contributed by atoms with Crippen LogP contribution in [0, 0.1) is 0 Å². The minimum Gasteiger partial charge on any atom is -0.508 e. The molecular weight excluding hydrogens is 359 g/mol. The smallest absolute Gasteiger partial charge is 0.311 e. The van der Waals surface area contributed by atoms with Gasteiger partial charge in [0, 0.05) is 10.9 Å². The van der Waals surface area contributed by atoms with E-state index in [1.54, 1.807) is 30.3 Å². The van der Waals surface area contributed by atoms with Gasteiger partial charge in [0.25, 0.3) is 0 Å². The Morgan fingerprint density at radius 3 is 2.33 bits per heavy atom. The van der Waals surface area contributed by atoms with Crippen LogP contribution in [0.25, 0.3) is 21.9 Å². The Kier molecular flexibility index (Phi) is 3.33. The first-order chi connectivity index (χ1) is 13.1. The first kappa shape index (κ1) is 16.0. The summed E-state index contributed by atoms with van der Waals surface area (Å²) in [6, 6.07) is 22.8. The molecule has 0 fully saturated rings. The van der Waals surface area contributed by atoms with Gasteiger partial charge in [-0.15, -0.1) is 0 Å². The normalized spacial score (nSPS) is 17.8. The van der Waals surface area contributed by atoms with Crippen LogP contribution >= 0.6 is 7.37 Å². The van der Waals surface area contributed by atoms with Gasteiger partial charge in [-0.25, -0.2) is 0 Å². The minimum absolute atomic E-state index is 0.0339. The Labute approximate surface area is 155 Å². The maximum Gasteiger partial charge on any atom is 0.311 e. The van der Waals surface area contributed by atoms with Crippen LogP contribution in [-0.4, -0.2) is 10.2 Å². The van der Waals surface area contributed by atoms with Crippen LogP contribution in [0.4, 0.5) is 0 Å². The molecule has 0 bridgehead atoms. The molecule has 4 aromatic carbocycles. The molecule has 1 aliphatic rings. The van der Waals surface area contributed by atoms with Crippen molar-refractivity contribution >= 4 is 28.8 Å². The van der Waals surface area contributed by atoms with Gasteiger partial charge in [0.05, 0.1) is 5.30 Å². The number of hydrogen-bond donors (Lipinski definition) is 2. The van der Waals surface area contributed by atoms with Gasteiger partial charge in [0.1, 0.15) is 22.6 Å². The number of rotatable bonds is 1. The second-order valence-electron chi connectivity index (χ2n) is 6.49. The molecule has 1 aliphatic heterocycles. The quantitative estimate of drug-likeness (QED) is 0.480. The number of hydrogen-bond acceptors (Lipinski definition) is 4. The van der Waals surface area contributed by atoms with Crippen LogP contribution < -0.4 is 15.1 Å². The van der Waals surface area contributed by atoms with Crippen molar-refractivity contribution < 1.29 is 19.3 Å². The van der Waals surface area contributed by atoms with Crippen molar-refractivity contribution in [2.75, 3.05) is 0 Å². The lowest BCUT2D eigenvalue weighted by atomic mass is 10.0. The molecule has 0 aliphatic carbocycles. The number of phenolic OH excluding ortho intramolecular Hbond substituents is 2. The highest BCUT2D eigenvalue weighted by molar-refractivity contribution is 7.75. The van der Waals surface area contributed by atoms with E-state index in [-0.39, 0.29) is 16.8 Å². The summed E-state index contributed by atoms with van der Waals surface area (Å²) in [6.45, 7) is 0. The van der Waals surface area contributed by atoms with E-state index in [0.717, 1.165) is 16.5 Å². The number of phenols is 2. The minimum atomic E-state index is -3.65. The SMILES string of the molecule is O=P1(c2c(O)ccc3ccc(O)cc23)Oc2ccccc2-c2ccccc21. The van der Waals surface area contributed by atoms with E-state index < -0.39 is 7.37 Å². The zero-order valence-corrected chi connectivity index (χ0v) is 15.1. The maximum atomic E-state index is 14.3. The number of benzene rings is 4. The van der Waals surface area contributed by atoms with E-state index in [0.29, 0.717) is 16.4 Å². The van der Waals surface area contributed by atoms with Crippen LogP contribution in [0.15, 0.2) is 78.9 Å². The molecule has 0 saturated carbocycles. The second-order valence-corrected chi connectivity index (χ2v) is 8.71. The van der Waals surface area contributed by atoms with Crippen molar-refractivity contribution in [2.24, 2.45) is 0 Å². The van der Waals surface area contributed by atoms with E-state index in [2.05, 4.69) is 0 Å². The summed E-state index contributed by atoms with van der Waals surface area (Å²) in [5, 5.41) is 22.6. The van der Waals surface area contributed by atoms with Gasteiger partial charge in [-0.2, -0.15) is 0 Å². The number of aromatic hydroxyl groups is 2. The van der Waals surface area contributed by atoms with E-state index in [4.69, 9.17) is 4.52 Å². The van der Waals surface area contributed by atoms with E-state index in [1.165, 1.54) is 12.1 Å². The predicted molar refractivity (Wildman–Crippen MR) is 107 cm³/mol.